The predicted molar refractivity (Wildman–Crippen MR) is 118 cm³/mol. The van der Waals surface area contributed by atoms with Crippen LogP contribution in [-0.4, -0.2) is 33.0 Å². The predicted octanol–water partition coefficient (Wildman–Crippen LogP) is 4.30. The Morgan fingerprint density at radius 1 is 1.13 bits per heavy atom. The summed E-state index contributed by atoms with van der Waals surface area (Å²) in [5.41, 5.74) is 1.21. The van der Waals surface area contributed by atoms with Gasteiger partial charge in [0.2, 0.25) is 5.91 Å². The van der Waals surface area contributed by atoms with Crippen molar-refractivity contribution in [2.75, 3.05) is 12.3 Å². The molecule has 6 nitrogen and oxygen atoms in total. The van der Waals surface area contributed by atoms with Crippen molar-refractivity contribution >= 4 is 29.3 Å². The topological polar surface area (TPSA) is 69.0 Å². The van der Waals surface area contributed by atoms with Gasteiger partial charge in [0.05, 0.1) is 10.8 Å². The largest absolute Gasteiger partial charge is 0.484 e. The first-order valence-corrected chi connectivity index (χ1v) is 11.3. The Kier molecular flexibility index (Phi) is 6.92. The van der Waals surface area contributed by atoms with Gasteiger partial charge in [-0.1, -0.05) is 65.8 Å². The Morgan fingerprint density at radius 2 is 1.90 bits per heavy atom. The molecule has 1 saturated carbocycles. The Hall–Kier alpha value is -2.51. The van der Waals surface area contributed by atoms with Crippen LogP contribution >= 0.6 is 23.4 Å². The standard InChI is InChI=1S/C22H23ClN4O2S/c23-18-8-4-5-9-19(18)29-14-20-25-26-22(27(20)17-10-11-17)30-15-21(28)24-13-12-16-6-2-1-3-7-16/h1-9,17H,10-15H2,(H,24,28). The van der Waals surface area contributed by atoms with Gasteiger partial charge in [0.25, 0.3) is 0 Å². The van der Waals surface area contributed by atoms with E-state index in [4.69, 9.17) is 16.3 Å². The molecular weight excluding hydrogens is 420 g/mol. The smallest absolute Gasteiger partial charge is 0.230 e. The van der Waals surface area contributed by atoms with E-state index in [9.17, 15) is 4.79 Å². The first-order valence-electron chi connectivity index (χ1n) is 9.95. The second-order valence-corrected chi connectivity index (χ2v) is 8.44. The van der Waals surface area contributed by atoms with E-state index in [0.29, 0.717) is 29.1 Å². The fourth-order valence-corrected chi connectivity index (χ4v) is 4.12. The number of hydrogen-bond donors (Lipinski definition) is 1. The van der Waals surface area contributed by atoms with Gasteiger partial charge in [0, 0.05) is 12.6 Å². The van der Waals surface area contributed by atoms with Crippen LogP contribution in [0.3, 0.4) is 0 Å². The van der Waals surface area contributed by atoms with Crippen molar-refractivity contribution in [3.8, 4) is 5.75 Å². The van der Waals surface area contributed by atoms with Crippen molar-refractivity contribution in [2.24, 2.45) is 0 Å². The Labute approximate surface area is 185 Å². The van der Waals surface area contributed by atoms with Crippen LogP contribution in [0.4, 0.5) is 0 Å². The summed E-state index contributed by atoms with van der Waals surface area (Å²) in [5, 5.41) is 12.9. The summed E-state index contributed by atoms with van der Waals surface area (Å²) in [7, 11) is 0. The summed E-state index contributed by atoms with van der Waals surface area (Å²) in [6.07, 6.45) is 3.00. The highest BCUT2D eigenvalue weighted by Crippen LogP contribution is 2.39. The molecule has 8 heteroatoms. The van der Waals surface area contributed by atoms with E-state index in [-0.39, 0.29) is 12.5 Å². The molecule has 0 radical (unpaired) electrons. The van der Waals surface area contributed by atoms with Gasteiger partial charge in [-0.25, -0.2) is 0 Å². The lowest BCUT2D eigenvalue weighted by molar-refractivity contribution is -0.118. The number of carbonyl (C=O) groups excluding carboxylic acids is 1. The summed E-state index contributed by atoms with van der Waals surface area (Å²) in [6, 6.07) is 17.9. The summed E-state index contributed by atoms with van der Waals surface area (Å²) in [4.78, 5) is 12.2. The molecule has 0 saturated heterocycles. The minimum absolute atomic E-state index is 0.00449. The SMILES string of the molecule is O=C(CSc1nnc(COc2ccccc2Cl)n1C1CC1)NCCc1ccccc1. The van der Waals surface area contributed by atoms with Crippen molar-refractivity contribution in [1.29, 1.82) is 0 Å². The number of aromatic nitrogens is 3. The maximum Gasteiger partial charge on any atom is 0.230 e. The van der Waals surface area contributed by atoms with Gasteiger partial charge in [-0.3, -0.25) is 9.36 Å². The van der Waals surface area contributed by atoms with Gasteiger partial charge in [-0.15, -0.1) is 10.2 Å². The van der Waals surface area contributed by atoms with Gasteiger partial charge in [-0.05, 0) is 37.0 Å². The molecule has 2 aromatic carbocycles. The van der Waals surface area contributed by atoms with Gasteiger partial charge >= 0.3 is 0 Å². The third-order valence-electron chi connectivity index (χ3n) is 4.75. The molecule has 1 aliphatic carbocycles. The molecule has 4 rings (SSSR count). The highest BCUT2D eigenvalue weighted by molar-refractivity contribution is 7.99. The number of carbonyl (C=O) groups is 1. The minimum Gasteiger partial charge on any atom is -0.484 e. The van der Waals surface area contributed by atoms with E-state index in [0.717, 1.165) is 30.2 Å². The quantitative estimate of drug-likeness (QED) is 0.474. The average Bonchev–Trinajstić information content (AvgIpc) is 3.52. The molecule has 3 aromatic rings. The minimum atomic E-state index is -0.00449. The molecule has 0 spiro atoms. The van der Waals surface area contributed by atoms with Crippen molar-refractivity contribution in [1.82, 2.24) is 20.1 Å². The lowest BCUT2D eigenvalue weighted by Gasteiger charge is -2.11. The molecule has 1 N–H and O–H groups in total. The second kappa shape index (κ2) is 10.00. The molecule has 0 aliphatic heterocycles. The van der Waals surface area contributed by atoms with Crippen LogP contribution in [0.5, 0.6) is 5.75 Å². The fraction of sp³-hybridized carbons (Fsp3) is 0.318. The maximum atomic E-state index is 12.2. The molecule has 0 unspecified atom stereocenters. The molecule has 0 atom stereocenters. The highest BCUT2D eigenvalue weighted by atomic mass is 35.5. The molecule has 30 heavy (non-hydrogen) atoms. The third kappa shape index (κ3) is 5.55. The number of hydrogen-bond acceptors (Lipinski definition) is 5. The number of rotatable bonds is 10. The molecule has 1 aliphatic rings. The summed E-state index contributed by atoms with van der Waals surface area (Å²) < 4.78 is 7.93. The molecule has 1 aromatic heterocycles. The van der Waals surface area contributed by atoms with Crippen molar-refractivity contribution in [2.45, 2.75) is 37.1 Å². The number of nitrogens with zero attached hydrogens (tertiary/aromatic N) is 3. The van der Waals surface area contributed by atoms with E-state index >= 15 is 0 Å². The highest BCUT2D eigenvalue weighted by Gasteiger charge is 2.30. The van der Waals surface area contributed by atoms with E-state index < -0.39 is 0 Å². The van der Waals surface area contributed by atoms with Crippen LogP contribution < -0.4 is 10.1 Å². The van der Waals surface area contributed by atoms with Gasteiger partial charge in [-0.2, -0.15) is 0 Å². The molecule has 156 valence electrons. The van der Waals surface area contributed by atoms with Crippen molar-refractivity contribution in [3.63, 3.8) is 0 Å². The summed E-state index contributed by atoms with van der Waals surface area (Å²) in [6.45, 7) is 0.909. The number of nitrogens with one attached hydrogen (secondary N) is 1. The summed E-state index contributed by atoms with van der Waals surface area (Å²) in [5.74, 6) is 1.68. The summed E-state index contributed by atoms with van der Waals surface area (Å²) >= 11 is 7.57. The zero-order valence-corrected chi connectivity index (χ0v) is 18.0. The zero-order chi connectivity index (χ0) is 20.8. The van der Waals surface area contributed by atoms with E-state index in [2.05, 4.69) is 32.2 Å². The number of para-hydroxylation sites is 1. The zero-order valence-electron chi connectivity index (χ0n) is 16.5. The molecule has 1 fully saturated rings. The fourth-order valence-electron chi connectivity index (χ4n) is 3.08. The first kappa shape index (κ1) is 20.8. The van der Waals surface area contributed by atoms with Crippen LogP contribution in [0.15, 0.2) is 59.8 Å². The first-order chi connectivity index (χ1) is 14.7. The van der Waals surface area contributed by atoms with E-state index in [1.807, 2.05) is 36.4 Å². The van der Waals surface area contributed by atoms with E-state index in [1.165, 1.54) is 17.3 Å². The molecule has 1 heterocycles. The number of thioether (sulfide) groups is 1. The number of amides is 1. The van der Waals surface area contributed by atoms with Gasteiger partial charge < -0.3 is 10.1 Å². The number of ether oxygens (including phenoxy) is 1. The maximum absolute atomic E-state index is 12.2. The van der Waals surface area contributed by atoms with Crippen molar-refractivity contribution in [3.05, 3.63) is 71.0 Å². The van der Waals surface area contributed by atoms with Gasteiger partial charge in [0.15, 0.2) is 11.0 Å². The Morgan fingerprint density at radius 3 is 2.67 bits per heavy atom. The normalized spacial score (nSPS) is 13.2. The van der Waals surface area contributed by atoms with Crippen LogP contribution in [0.1, 0.15) is 30.3 Å². The van der Waals surface area contributed by atoms with Crippen LogP contribution in [-0.2, 0) is 17.8 Å². The molecule has 1 amide bonds. The molecule has 0 bridgehead atoms. The van der Waals surface area contributed by atoms with E-state index in [1.54, 1.807) is 6.07 Å². The van der Waals surface area contributed by atoms with Crippen LogP contribution in [0.2, 0.25) is 5.02 Å². The second-order valence-electron chi connectivity index (χ2n) is 7.09. The Balaban J connectivity index is 1.30. The lowest BCUT2D eigenvalue weighted by Crippen LogP contribution is -2.27. The molecular formula is C22H23ClN4O2S. The van der Waals surface area contributed by atoms with Crippen molar-refractivity contribution < 1.29 is 9.53 Å². The Bertz CT molecular complexity index is 992. The average molecular weight is 443 g/mol. The van der Waals surface area contributed by atoms with Crippen LogP contribution in [0, 0.1) is 0 Å². The number of benzene rings is 2. The lowest BCUT2D eigenvalue weighted by atomic mass is 10.1. The monoisotopic (exact) mass is 442 g/mol. The third-order valence-corrected chi connectivity index (χ3v) is 6.01. The number of halogens is 1. The van der Waals surface area contributed by atoms with Gasteiger partial charge in [0.1, 0.15) is 12.4 Å². The van der Waals surface area contributed by atoms with Crippen LogP contribution in [0.25, 0.3) is 0 Å².